The fourth-order valence-electron chi connectivity index (χ4n) is 2.05. The van der Waals surface area contributed by atoms with Crippen molar-refractivity contribution < 1.29 is 24.8 Å². The molecule has 0 bridgehead atoms. The number of hydrogen-bond acceptors (Lipinski definition) is 6. The van der Waals surface area contributed by atoms with Crippen LogP contribution in [0.25, 0.3) is 22.6 Å². The highest BCUT2D eigenvalue weighted by Gasteiger charge is 2.18. The summed E-state index contributed by atoms with van der Waals surface area (Å²) < 4.78 is 5.43. The van der Waals surface area contributed by atoms with Crippen molar-refractivity contribution in [2.45, 2.75) is 0 Å². The van der Waals surface area contributed by atoms with Gasteiger partial charge in [-0.3, -0.25) is 4.79 Å². The lowest BCUT2D eigenvalue weighted by Gasteiger charge is -2.11. The van der Waals surface area contributed by atoms with Crippen molar-refractivity contribution in [2.24, 2.45) is 0 Å². The zero-order valence-electron chi connectivity index (χ0n) is 11.0. The maximum absolute atomic E-state index is 11.4. The molecule has 22 heavy (non-hydrogen) atoms. The predicted octanol–water partition coefficient (Wildman–Crippen LogP) is 2.66. The van der Waals surface area contributed by atoms with E-state index in [9.17, 15) is 25.2 Å². The van der Waals surface area contributed by atoms with Crippen LogP contribution < -0.4 is 5.43 Å². The second-order valence-corrected chi connectivity index (χ2v) is 4.52. The van der Waals surface area contributed by atoms with Gasteiger partial charge in [-0.2, -0.15) is 0 Å². The van der Waals surface area contributed by atoms with Crippen LogP contribution in [-0.4, -0.2) is 20.4 Å². The van der Waals surface area contributed by atoms with E-state index in [4.69, 9.17) is 4.42 Å². The number of fused-ring (bicyclic) bond motifs is 1. The molecule has 114 valence electrons. The number of benzene rings is 2. The van der Waals surface area contributed by atoms with E-state index in [2.05, 4.69) is 0 Å². The molecule has 1 aliphatic heterocycles. The number of phenolic OH excluding ortho intramolecular Hbond substituents is 3. The summed E-state index contributed by atoms with van der Waals surface area (Å²) in [6, 6.07) is 7.33. The summed E-state index contributed by atoms with van der Waals surface area (Å²) in [5, 5.41) is 38.4. The first kappa shape index (κ1) is 15.5. The molecular weight excluding hydrogens is 312 g/mol. The largest absolute Gasteiger partial charge is 0.507 e. The minimum atomic E-state index is -0.436. The molecule has 0 atom stereocenters. The first-order chi connectivity index (χ1) is 9.95. The Bertz CT molecular complexity index is 871. The molecule has 0 saturated heterocycles. The first-order valence-electron chi connectivity index (χ1n) is 5.98. The van der Waals surface area contributed by atoms with Gasteiger partial charge in [-0.15, -0.1) is 12.4 Å². The molecule has 1 aromatic carbocycles. The molecule has 0 fully saturated rings. The maximum Gasteiger partial charge on any atom is 0.186 e. The molecule has 0 amide bonds. The van der Waals surface area contributed by atoms with E-state index in [0.717, 1.165) is 6.07 Å². The van der Waals surface area contributed by atoms with Gasteiger partial charge in [-0.05, 0) is 24.3 Å². The van der Waals surface area contributed by atoms with Crippen molar-refractivity contribution in [1.82, 2.24) is 0 Å². The van der Waals surface area contributed by atoms with Gasteiger partial charge in [0.25, 0.3) is 0 Å². The van der Waals surface area contributed by atoms with Crippen LogP contribution in [0.4, 0.5) is 0 Å². The van der Waals surface area contributed by atoms with Crippen LogP contribution in [0.3, 0.4) is 0 Å². The molecule has 1 aliphatic carbocycles. The highest BCUT2D eigenvalue weighted by Crippen LogP contribution is 2.41. The monoisotopic (exact) mass is 322 g/mol. The smallest absolute Gasteiger partial charge is 0.186 e. The highest BCUT2D eigenvalue weighted by molar-refractivity contribution is 5.85. The van der Waals surface area contributed by atoms with Crippen LogP contribution >= 0.6 is 12.4 Å². The predicted molar refractivity (Wildman–Crippen MR) is 80.9 cm³/mol. The van der Waals surface area contributed by atoms with Crippen molar-refractivity contribution >= 4 is 12.4 Å². The Morgan fingerprint density at radius 2 is 1.50 bits per heavy atom. The third-order valence-electron chi connectivity index (χ3n) is 3.06. The lowest BCUT2D eigenvalue weighted by atomic mass is 10.1. The Kier molecular flexibility index (Phi) is 3.88. The van der Waals surface area contributed by atoms with Crippen LogP contribution in [0.1, 0.15) is 0 Å². The quantitative estimate of drug-likeness (QED) is 0.512. The number of halogens is 1. The van der Waals surface area contributed by atoms with E-state index in [1.807, 2.05) is 0 Å². The molecule has 4 N–H and O–H groups in total. The number of aromatic hydroxyl groups is 4. The maximum atomic E-state index is 11.4. The standard InChI is InChI=1S/C15H10O6.ClH/c16-8-4-11(18)9-6-13(20)15(21-14(9)5-8)7-1-2-10(17)12(19)3-7;/h1-6,17-20H;1H. The molecule has 2 aliphatic rings. The number of phenols is 3. The van der Waals surface area contributed by atoms with Gasteiger partial charge < -0.3 is 24.8 Å². The van der Waals surface area contributed by atoms with Crippen LogP contribution in [0.5, 0.6) is 23.0 Å². The zero-order valence-corrected chi connectivity index (χ0v) is 11.8. The van der Waals surface area contributed by atoms with E-state index in [1.54, 1.807) is 0 Å². The fraction of sp³-hybridized carbons (Fsp3) is 0. The van der Waals surface area contributed by atoms with Crippen molar-refractivity contribution in [3.8, 4) is 45.6 Å². The molecule has 7 heteroatoms. The van der Waals surface area contributed by atoms with Crippen molar-refractivity contribution in [3.63, 3.8) is 0 Å². The summed E-state index contributed by atoms with van der Waals surface area (Å²) in [6.07, 6.45) is 0. The van der Waals surface area contributed by atoms with Gasteiger partial charge in [0.1, 0.15) is 11.5 Å². The van der Waals surface area contributed by atoms with Crippen LogP contribution in [-0.2, 0) is 0 Å². The average molecular weight is 323 g/mol. The zero-order chi connectivity index (χ0) is 15.1. The Morgan fingerprint density at radius 3 is 2.18 bits per heavy atom. The van der Waals surface area contributed by atoms with Crippen molar-refractivity contribution in [3.05, 3.63) is 46.6 Å². The molecule has 6 nitrogen and oxygen atoms in total. The van der Waals surface area contributed by atoms with E-state index >= 15 is 0 Å². The molecular formula is C15H11ClO6. The lowest BCUT2D eigenvalue weighted by Crippen LogP contribution is -1.99. The molecule has 1 heterocycles. The minimum absolute atomic E-state index is 0. The Labute approximate surface area is 130 Å². The summed E-state index contributed by atoms with van der Waals surface area (Å²) in [5.41, 5.74) is 0.0632. The SMILES string of the molecule is Cl.O=c1cc2oc(-c3ccc(O)c(O)c3)c(O)cc-2c(O)c1. The van der Waals surface area contributed by atoms with Gasteiger partial charge in [-0.25, -0.2) is 0 Å². The first-order valence-corrected chi connectivity index (χ1v) is 5.98. The summed E-state index contributed by atoms with van der Waals surface area (Å²) >= 11 is 0. The Hall–Kier alpha value is -2.86. The molecule has 1 aromatic rings. The van der Waals surface area contributed by atoms with E-state index in [-0.39, 0.29) is 52.5 Å². The van der Waals surface area contributed by atoms with Gasteiger partial charge in [0.05, 0.1) is 5.56 Å². The lowest BCUT2D eigenvalue weighted by molar-refractivity contribution is 0.403. The number of hydrogen-bond donors (Lipinski definition) is 4. The minimum Gasteiger partial charge on any atom is -0.507 e. The van der Waals surface area contributed by atoms with Crippen LogP contribution in [0.15, 0.2) is 45.6 Å². The van der Waals surface area contributed by atoms with E-state index < -0.39 is 5.43 Å². The van der Waals surface area contributed by atoms with E-state index in [0.29, 0.717) is 5.56 Å². The number of rotatable bonds is 1. The molecule has 0 aromatic heterocycles. The fourth-order valence-corrected chi connectivity index (χ4v) is 2.05. The van der Waals surface area contributed by atoms with Crippen LogP contribution in [0, 0.1) is 0 Å². The Morgan fingerprint density at radius 1 is 0.773 bits per heavy atom. The summed E-state index contributed by atoms with van der Waals surface area (Å²) in [4.78, 5) is 11.4. The van der Waals surface area contributed by atoms with Crippen molar-refractivity contribution in [2.75, 3.05) is 0 Å². The van der Waals surface area contributed by atoms with Gasteiger partial charge in [0, 0.05) is 17.7 Å². The normalized spacial score (nSPS) is 10.4. The van der Waals surface area contributed by atoms with Gasteiger partial charge in [0.2, 0.25) is 0 Å². The summed E-state index contributed by atoms with van der Waals surface area (Å²) in [6.45, 7) is 0. The second kappa shape index (κ2) is 5.50. The van der Waals surface area contributed by atoms with Crippen molar-refractivity contribution in [1.29, 1.82) is 0 Å². The Balaban J connectivity index is 0.00000176. The molecule has 0 spiro atoms. The highest BCUT2D eigenvalue weighted by atomic mass is 35.5. The average Bonchev–Trinajstić information content (AvgIpc) is 2.42. The third-order valence-corrected chi connectivity index (χ3v) is 3.06. The third kappa shape index (κ3) is 2.51. The molecule has 0 unspecified atom stereocenters. The molecule has 3 rings (SSSR count). The second-order valence-electron chi connectivity index (χ2n) is 4.52. The molecule has 0 saturated carbocycles. The summed E-state index contributed by atoms with van der Waals surface area (Å²) in [5.74, 6) is -1.15. The van der Waals surface area contributed by atoms with E-state index in [1.165, 1.54) is 30.3 Å². The molecule has 0 radical (unpaired) electrons. The topological polar surface area (TPSA) is 111 Å². The van der Waals surface area contributed by atoms with Gasteiger partial charge >= 0.3 is 0 Å². The van der Waals surface area contributed by atoms with Gasteiger partial charge in [0.15, 0.2) is 28.4 Å². The van der Waals surface area contributed by atoms with Gasteiger partial charge in [-0.1, -0.05) is 0 Å². The summed E-state index contributed by atoms with van der Waals surface area (Å²) in [7, 11) is 0. The van der Waals surface area contributed by atoms with Crippen LogP contribution in [0.2, 0.25) is 0 Å².